The molecule has 0 unspecified atom stereocenters. The molecular weight excluding hydrogens is 316 g/mol. The zero-order valence-electron chi connectivity index (χ0n) is 12.9. The van der Waals surface area contributed by atoms with E-state index in [4.69, 9.17) is 21.1 Å². The molecule has 120 valence electrons. The molecule has 23 heavy (non-hydrogen) atoms. The summed E-state index contributed by atoms with van der Waals surface area (Å²) >= 11 is 5.97. The first-order chi connectivity index (χ1) is 11.1. The summed E-state index contributed by atoms with van der Waals surface area (Å²) in [5, 5.41) is 4.52. The van der Waals surface area contributed by atoms with Crippen molar-refractivity contribution in [3.05, 3.63) is 58.6 Å². The zero-order valence-corrected chi connectivity index (χ0v) is 13.6. The topological polar surface area (TPSA) is 59.9 Å². The van der Waals surface area contributed by atoms with Crippen LogP contribution in [0, 0.1) is 0 Å². The molecule has 0 aliphatic rings. The molecule has 2 aromatic carbocycles. The summed E-state index contributed by atoms with van der Waals surface area (Å²) in [5.41, 5.74) is 3.61. The number of halogens is 1. The molecule has 0 atom stereocenters. The standard InChI is InChI=1S/C17H17ClN2O3/c1-3-23-16-8-7-14(18)9-13(16)11-19-20-17(21)12-5-4-6-15(10-12)22-2/h4-11H,3H2,1-2H3,(H,20,21)/b19-11-. The van der Waals surface area contributed by atoms with Crippen LogP contribution in [-0.2, 0) is 0 Å². The van der Waals surface area contributed by atoms with Gasteiger partial charge in [-0.2, -0.15) is 5.10 Å². The molecular formula is C17H17ClN2O3. The maximum atomic E-state index is 12.0. The first-order valence-electron chi connectivity index (χ1n) is 7.04. The molecule has 0 fully saturated rings. The lowest BCUT2D eigenvalue weighted by Crippen LogP contribution is -2.17. The van der Waals surface area contributed by atoms with Gasteiger partial charge >= 0.3 is 0 Å². The second-order valence-electron chi connectivity index (χ2n) is 4.55. The van der Waals surface area contributed by atoms with Crippen molar-refractivity contribution in [3.8, 4) is 11.5 Å². The first kappa shape index (κ1) is 16.8. The second kappa shape index (κ2) is 8.19. The fourth-order valence-corrected chi connectivity index (χ4v) is 2.08. The minimum Gasteiger partial charge on any atom is -0.497 e. The van der Waals surface area contributed by atoms with Crippen molar-refractivity contribution < 1.29 is 14.3 Å². The number of hydrogen-bond acceptors (Lipinski definition) is 4. The van der Waals surface area contributed by atoms with Crippen molar-refractivity contribution in [3.63, 3.8) is 0 Å². The van der Waals surface area contributed by atoms with Crippen molar-refractivity contribution in [2.45, 2.75) is 6.92 Å². The van der Waals surface area contributed by atoms with Gasteiger partial charge in [0.1, 0.15) is 11.5 Å². The number of ether oxygens (including phenoxy) is 2. The summed E-state index contributed by atoms with van der Waals surface area (Å²) in [6.45, 7) is 2.42. The molecule has 0 heterocycles. The summed E-state index contributed by atoms with van der Waals surface area (Å²) in [7, 11) is 1.55. The molecule has 0 spiro atoms. The van der Waals surface area contributed by atoms with Crippen LogP contribution in [0.5, 0.6) is 11.5 Å². The van der Waals surface area contributed by atoms with Crippen molar-refractivity contribution >= 4 is 23.7 Å². The Balaban J connectivity index is 2.09. The van der Waals surface area contributed by atoms with Gasteiger partial charge in [0.25, 0.3) is 5.91 Å². The Bertz CT molecular complexity index is 717. The molecule has 0 radical (unpaired) electrons. The Morgan fingerprint density at radius 3 is 2.87 bits per heavy atom. The quantitative estimate of drug-likeness (QED) is 0.650. The summed E-state index contributed by atoms with van der Waals surface area (Å²) < 4.78 is 10.6. The molecule has 2 aromatic rings. The number of benzene rings is 2. The lowest BCUT2D eigenvalue weighted by atomic mass is 10.2. The molecule has 0 bridgehead atoms. The first-order valence-corrected chi connectivity index (χ1v) is 7.41. The van der Waals surface area contributed by atoms with Crippen molar-refractivity contribution in [2.75, 3.05) is 13.7 Å². The maximum absolute atomic E-state index is 12.0. The number of hydrogen-bond donors (Lipinski definition) is 1. The largest absolute Gasteiger partial charge is 0.497 e. The smallest absolute Gasteiger partial charge is 0.271 e. The normalized spacial score (nSPS) is 10.6. The predicted octanol–water partition coefficient (Wildman–Crippen LogP) is 3.51. The molecule has 0 aliphatic heterocycles. The minimum atomic E-state index is -0.333. The summed E-state index contributed by atoms with van der Waals surface area (Å²) in [4.78, 5) is 12.0. The van der Waals surface area contributed by atoms with Gasteiger partial charge in [0.05, 0.1) is 19.9 Å². The van der Waals surface area contributed by atoms with Crippen molar-refractivity contribution in [1.29, 1.82) is 0 Å². The molecule has 0 aliphatic carbocycles. The highest BCUT2D eigenvalue weighted by Gasteiger charge is 2.06. The molecule has 5 nitrogen and oxygen atoms in total. The van der Waals surface area contributed by atoms with E-state index in [1.807, 2.05) is 6.92 Å². The number of nitrogens with one attached hydrogen (secondary N) is 1. The van der Waals surface area contributed by atoms with E-state index >= 15 is 0 Å². The van der Waals surface area contributed by atoms with Crippen LogP contribution in [-0.4, -0.2) is 25.8 Å². The van der Waals surface area contributed by atoms with Crippen LogP contribution in [0.25, 0.3) is 0 Å². The Hall–Kier alpha value is -2.53. The van der Waals surface area contributed by atoms with Crippen LogP contribution < -0.4 is 14.9 Å². The monoisotopic (exact) mass is 332 g/mol. The molecule has 0 saturated carbocycles. The van der Waals surface area contributed by atoms with Crippen molar-refractivity contribution in [2.24, 2.45) is 5.10 Å². The third-order valence-corrected chi connectivity index (χ3v) is 3.21. The zero-order chi connectivity index (χ0) is 16.7. The van der Waals surface area contributed by atoms with Crippen LogP contribution in [0.4, 0.5) is 0 Å². The lowest BCUT2D eigenvalue weighted by Gasteiger charge is -2.07. The number of hydrazone groups is 1. The summed E-state index contributed by atoms with van der Waals surface area (Å²) in [5.74, 6) is 0.923. The van der Waals surface area contributed by atoms with Crippen LogP contribution in [0.15, 0.2) is 47.6 Å². The molecule has 0 saturated heterocycles. The van der Waals surface area contributed by atoms with Gasteiger partial charge < -0.3 is 9.47 Å². The fraction of sp³-hybridized carbons (Fsp3) is 0.176. The number of amides is 1. The van der Waals surface area contributed by atoms with E-state index in [9.17, 15) is 4.79 Å². The second-order valence-corrected chi connectivity index (χ2v) is 4.98. The van der Waals surface area contributed by atoms with Gasteiger partial charge in [-0.05, 0) is 43.3 Å². The predicted molar refractivity (Wildman–Crippen MR) is 90.7 cm³/mol. The summed E-state index contributed by atoms with van der Waals surface area (Å²) in [6, 6.07) is 12.0. The molecule has 1 amide bonds. The third-order valence-electron chi connectivity index (χ3n) is 2.97. The van der Waals surface area contributed by atoms with Gasteiger partial charge in [-0.1, -0.05) is 17.7 Å². The van der Waals surface area contributed by atoms with Gasteiger partial charge in [-0.3, -0.25) is 4.79 Å². The fourth-order valence-electron chi connectivity index (χ4n) is 1.90. The number of carbonyl (C=O) groups excluding carboxylic acids is 1. The van der Waals surface area contributed by atoms with E-state index in [0.29, 0.717) is 34.3 Å². The molecule has 6 heteroatoms. The number of rotatable bonds is 6. The SMILES string of the molecule is CCOc1ccc(Cl)cc1/C=N\NC(=O)c1cccc(OC)c1. The van der Waals surface area contributed by atoms with Crippen molar-refractivity contribution in [1.82, 2.24) is 5.43 Å². The minimum absolute atomic E-state index is 0.333. The number of carbonyl (C=O) groups is 1. The number of methoxy groups -OCH3 is 1. The molecule has 2 rings (SSSR count). The van der Waals surface area contributed by atoms with Crippen LogP contribution in [0.2, 0.25) is 5.02 Å². The lowest BCUT2D eigenvalue weighted by molar-refractivity contribution is 0.0955. The number of nitrogens with zero attached hydrogens (tertiary/aromatic N) is 1. The van der Waals surface area contributed by atoms with E-state index in [2.05, 4.69) is 10.5 Å². The molecule has 1 N–H and O–H groups in total. The Labute approximate surface area is 139 Å². The average Bonchev–Trinajstić information content (AvgIpc) is 2.57. The highest BCUT2D eigenvalue weighted by Crippen LogP contribution is 2.21. The Morgan fingerprint density at radius 2 is 2.13 bits per heavy atom. The van der Waals surface area contributed by atoms with E-state index in [0.717, 1.165) is 0 Å². The van der Waals surface area contributed by atoms with Gasteiger partial charge in [-0.15, -0.1) is 0 Å². The van der Waals surface area contributed by atoms with Crippen LogP contribution in [0.1, 0.15) is 22.8 Å². The highest BCUT2D eigenvalue weighted by atomic mass is 35.5. The van der Waals surface area contributed by atoms with E-state index in [-0.39, 0.29) is 5.91 Å². The maximum Gasteiger partial charge on any atom is 0.271 e. The Morgan fingerprint density at radius 1 is 1.30 bits per heavy atom. The Kier molecular flexibility index (Phi) is 6.00. The van der Waals surface area contributed by atoms with Gasteiger partial charge in [0.15, 0.2) is 0 Å². The highest BCUT2D eigenvalue weighted by molar-refractivity contribution is 6.30. The average molecular weight is 333 g/mol. The third kappa shape index (κ3) is 4.72. The van der Waals surface area contributed by atoms with Gasteiger partial charge in [0, 0.05) is 16.1 Å². The van der Waals surface area contributed by atoms with E-state index in [1.54, 1.807) is 49.6 Å². The van der Waals surface area contributed by atoms with Crippen LogP contribution >= 0.6 is 11.6 Å². The molecule has 0 aromatic heterocycles. The summed E-state index contributed by atoms with van der Waals surface area (Å²) in [6.07, 6.45) is 1.49. The van der Waals surface area contributed by atoms with E-state index in [1.165, 1.54) is 6.21 Å². The van der Waals surface area contributed by atoms with Gasteiger partial charge in [0.2, 0.25) is 0 Å². The van der Waals surface area contributed by atoms with Gasteiger partial charge in [-0.25, -0.2) is 5.43 Å². The van der Waals surface area contributed by atoms with Crippen LogP contribution in [0.3, 0.4) is 0 Å². The van der Waals surface area contributed by atoms with E-state index < -0.39 is 0 Å².